The molecule has 2 fully saturated rings. The van der Waals surface area contributed by atoms with Gasteiger partial charge in [0.05, 0.1) is 18.1 Å². The van der Waals surface area contributed by atoms with Crippen molar-refractivity contribution in [3.63, 3.8) is 0 Å². The minimum atomic E-state index is 0.158. The molecule has 20 heavy (non-hydrogen) atoms. The van der Waals surface area contributed by atoms with Gasteiger partial charge in [0.25, 0.3) is 0 Å². The Labute approximate surface area is 125 Å². The summed E-state index contributed by atoms with van der Waals surface area (Å²) in [6.07, 6.45) is 8.46. The Balaban J connectivity index is 1.73. The first-order valence-corrected chi connectivity index (χ1v) is 8.96. The maximum Gasteiger partial charge on any atom is 0.0950 e. The number of hydrogen-bond donors (Lipinski definition) is 1. The minimum absolute atomic E-state index is 0.158. The molecule has 0 radical (unpaired) electrons. The summed E-state index contributed by atoms with van der Waals surface area (Å²) < 4.78 is 11.5. The third-order valence-electron chi connectivity index (χ3n) is 4.73. The zero-order valence-corrected chi connectivity index (χ0v) is 13.1. The predicted molar refractivity (Wildman–Crippen MR) is 83.1 cm³/mol. The van der Waals surface area contributed by atoms with Crippen molar-refractivity contribution in [1.29, 1.82) is 0 Å². The van der Waals surface area contributed by atoms with E-state index in [9.17, 15) is 0 Å². The van der Waals surface area contributed by atoms with Crippen molar-refractivity contribution in [2.45, 2.75) is 44.2 Å². The SMILES string of the molecule is CCNC(c1ccoc1)C1CCOC2(CCSCC2)C1. The lowest BCUT2D eigenvalue weighted by Crippen LogP contribution is -2.45. The van der Waals surface area contributed by atoms with Gasteiger partial charge in [-0.1, -0.05) is 6.92 Å². The van der Waals surface area contributed by atoms with Gasteiger partial charge in [-0.3, -0.25) is 0 Å². The molecule has 3 rings (SSSR count). The Morgan fingerprint density at radius 2 is 2.30 bits per heavy atom. The van der Waals surface area contributed by atoms with E-state index >= 15 is 0 Å². The van der Waals surface area contributed by atoms with E-state index in [1.54, 1.807) is 6.26 Å². The molecular weight excluding hydrogens is 270 g/mol. The van der Waals surface area contributed by atoms with Crippen molar-refractivity contribution in [1.82, 2.24) is 5.32 Å². The van der Waals surface area contributed by atoms with Crippen LogP contribution in [0.15, 0.2) is 23.0 Å². The molecule has 0 bridgehead atoms. The van der Waals surface area contributed by atoms with Crippen LogP contribution in [0.3, 0.4) is 0 Å². The van der Waals surface area contributed by atoms with Crippen LogP contribution in [0.1, 0.15) is 44.2 Å². The Hall–Kier alpha value is -0.450. The van der Waals surface area contributed by atoms with Gasteiger partial charge in [0.15, 0.2) is 0 Å². The van der Waals surface area contributed by atoms with Gasteiger partial charge in [-0.05, 0) is 55.7 Å². The average Bonchev–Trinajstić information content (AvgIpc) is 2.99. The molecule has 1 aromatic rings. The fraction of sp³-hybridized carbons (Fsp3) is 0.750. The molecule has 3 heterocycles. The van der Waals surface area contributed by atoms with Gasteiger partial charge in [-0.25, -0.2) is 0 Å². The van der Waals surface area contributed by atoms with E-state index in [4.69, 9.17) is 9.15 Å². The van der Waals surface area contributed by atoms with Crippen LogP contribution in [0.4, 0.5) is 0 Å². The first-order chi connectivity index (χ1) is 9.83. The maximum atomic E-state index is 6.22. The number of rotatable bonds is 4. The first kappa shape index (κ1) is 14.5. The maximum absolute atomic E-state index is 6.22. The zero-order valence-electron chi connectivity index (χ0n) is 12.3. The van der Waals surface area contributed by atoms with Crippen LogP contribution in [-0.2, 0) is 4.74 Å². The second-order valence-corrected chi connectivity index (χ2v) is 7.21. The number of ether oxygens (including phenoxy) is 1. The molecule has 1 N–H and O–H groups in total. The van der Waals surface area contributed by atoms with Gasteiger partial charge < -0.3 is 14.5 Å². The summed E-state index contributed by atoms with van der Waals surface area (Å²) in [5.41, 5.74) is 1.45. The second-order valence-electron chi connectivity index (χ2n) is 5.99. The summed E-state index contributed by atoms with van der Waals surface area (Å²) >= 11 is 2.07. The van der Waals surface area contributed by atoms with Crippen LogP contribution in [0, 0.1) is 5.92 Å². The van der Waals surface area contributed by atoms with E-state index in [1.807, 2.05) is 6.26 Å². The molecular formula is C16H25NO2S. The average molecular weight is 295 g/mol. The Bertz CT molecular complexity index is 395. The molecule has 1 aromatic heterocycles. The Morgan fingerprint density at radius 3 is 3.00 bits per heavy atom. The van der Waals surface area contributed by atoms with Gasteiger partial charge in [-0.15, -0.1) is 0 Å². The van der Waals surface area contributed by atoms with Gasteiger partial charge >= 0.3 is 0 Å². The summed E-state index contributed by atoms with van der Waals surface area (Å²) in [5.74, 6) is 3.17. The quantitative estimate of drug-likeness (QED) is 0.920. The lowest BCUT2D eigenvalue weighted by atomic mass is 9.77. The van der Waals surface area contributed by atoms with Crippen LogP contribution in [0.2, 0.25) is 0 Å². The van der Waals surface area contributed by atoms with Gasteiger partial charge in [0.1, 0.15) is 0 Å². The van der Waals surface area contributed by atoms with Crippen LogP contribution in [0.25, 0.3) is 0 Å². The third kappa shape index (κ3) is 3.07. The van der Waals surface area contributed by atoms with Gasteiger partial charge in [0, 0.05) is 18.2 Å². The summed E-state index contributed by atoms with van der Waals surface area (Å²) in [4.78, 5) is 0. The van der Waals surface area contributed by atoms with Crippen molar-refractivity contribution < 1.29 is 9.15 Å². The van der Waals surface area contributed by atoms with Crippen LogP contribution in [-0.4, -0.2) is 30.3 Å². The molecule has 0 saturated carbocycles. The molecule has 0 aliphatic carbocycles. The molecule has 0 aromatic carbocycles. The number of hydrogen-bond acceptors (Lipinski definition) is 4. The standard InChI is InChI=1S/C16H25NO2S/c1-2-17-15(14-3-7-18-12-14)13-4-8-19-16(11-13)5-9-20-10-6-16/h3,7,12-13,15,17H,2,4-6,8-11H2,1H3. The third-order valence-corrected chi connectivity index (χ3v) is 5.72. The minimum Gasteiger partial charge on any atom is -0.472 e. The van der Waals surface area contributed by atoms with E-state index in [2.05, 4.69) is 30.1 Å². The fourth-order valence-corrected chi connectivity index (χ4v) is 4.91. The topological polar surface area (TPSA) is 34.4 Å². The van der Waals surface area contributed by atoms with Crippen molar-refractivity contribution in [3.8, 4) is 0 Å². The molecule has 1 spiro atoms. The highest BCUT2D eigenvalue weighted by molar-refractivity contribution is 7.99. The predicted octanol–water partition coefficient (Wildman–Crippen LogP) is 3.62. The first-order valence-electron chi connectivity index (χ1n) is 7.80. The van der Waals surface area contributed by atoms with E-state index in [1.165, 1.54) is 36.3 Å². The molecule has 4 heteroatoms. The van der Waals surface area contributed by atoms with E-state index in [-0.39, 0.29) is 5.60 Å². The van der Waals surface area contributed by atoms with Crippen molar-refractivity contribution in [2.24, 2.45) is 5.92 Å². The molecule has 2 saturated heterocycles. The molecule has 2 aliphatic rings. The van der Waals surface area contributed by atoms with Crippen molar-refractivity contribution in [2.75, 3.05) is 24.7 Å². The van der Waals surface area contributed by atoms with Crippen LogP contribution in [0.5, 0.6) is 0 Å². The second kappa shape index (κ2) is 6.54. The van der Waals surface area contributed by atoms with E-state index in [0.717, 1.165) is 19.6 Å². The lowest BCUT2D eigenvalue weighted by Gasteiger charge is -2.45. The van der Waals surface area contributed by atoms with Gasteiger partial charge in [0.2, 0.25) is 0 Å². The molecule has 2 atom stereocenters. The summed E-state index contributed by atoms with van der Waals surface area (Å²) in [7, 11) is 0. The summed E-state index contributed by atoms with van der Waals surface area (Å²) in [5, 5.41) is 3.66. The van der Waals surface area contributed by atoms with Crippen molar-refractivity contribution >= 4 is 11.8 Å². The Kier molecular flexibility index (Phi) is 4.74. The molecule has 3 nitrogen and oxygen atoms in total. The van der Waals surface area contributed by atoms with E-state index < -0.39 is 0 Å². The van der Waals surface area contributed by atoms with Gasteiger partial charge in [-0.2, -0.15) is 11.8 Å². The summed E-state index contributed by atoms with van der Waals surface area (Å²) in [6.45, 7) is 4.09. The van der Waals surface area contributed by atoms with E-state index in [0.29, 0.717) is 12.0 Å². The summed E-state index contributed by atoms with van der Waals surface area (Å²) in [6, 6.07) is 2.51. The number of furan rings is 1. The van der Waals surface area contributed by atoms with Crippen LogP contribution < -0.4 is 5.32 Å². The number of thioether (sulfide) groups is 1. The Morgan fingerprint density at radius 1 is 1.45 bits per heavy atom. The lowest BCUT2D eigenvalue weighted by molar-refractivity contribution is -0.107. The van der Waals surface area contributed by atoms with Crippen LogP contribution >= 0.6 is 11.8 Å². The number of nitrogens with one attached hydrogen (secondary N) is 1. The normalized spacial score (nSPS) is 27.6. The largest absolute Gasteiger partial charge is 0.472 e. The molecule has 2 unspecified atom stereocenters. The van der Waals surface area contributed by atoms with Crippen molar-refractivity contribution in [3.05, 3.63) is 24.2 Å². The molecule has 0 amide bonds. The monoisotopic (exact) mass is 295 g/mol. The fourth-order valence-electron chi connectivity index (χ4n) is 3.67. The highest BCUT2D eigenvalue weighted by atomic mass is 32.2. The zero-order chi connectivity index (χ0) is 13.8. The highest BCUT2D eigenvalue weighted by Crippen LogP contribution is 2.43. The molecule has 112 valence electrons. The highest BCUT2D eigenvalue weighted by Gasteiger charge is 2.41. The smallest absolute Gasteiger partial charge is 0.0950 e. The molecule has 2 aliphatic heterocycles.